The smallest absolute Gasteiger partial charge is 0.146 e. The van der Waals surface area contributed by atoms with Crippen molar-refractivity contribution in [2.24, 2.45) is 0 Å². The van der Waals surface area contributed by atoms with E-state index in [1.165, 1.54) is 57.7 Å². The number of aliphatic hydroxyl groups is 1. The van der Waals surface area contributed by atoms with Crippen LogP contribution in [0.25, 0.3) is 0 Å². The second-order valence-electron chi connectivity index (χ2n) is 5.62. The van der Waals surface area contributed by atoms with Crippen LogP contribution in [-0.2, 0) is 0 Å². The van der Waals surface area contributed by atoms with E-state index in [4.69, 9.17) is 5.11 Å². The first-order chi connectivity index (χ1) is 7.42. The van der Waals surface area contributed by atoms with Crippen LogP contribution in [0.4, 0.5) is 0 Å². The SMILES string of the molecule is OCCCB1C2CCCCCC1CCC2. The fourth-order valence-corrected chi connectivity index (χ4v) is 3.96. The number of fused-ring (bicyclic) bond motifs is 2. The van der Waals surface area contributed by atoms with E-state index >= 15 is 0 Å². The lowest BCUT2D eigenvalue weighted by Gasteiger charge is -2.38. The molecule has 0 saturated carbocycles. The van der Waals surface area contributed by atoms with E-state index in [1.807, 2.05) is 0 Å². The van der Waals surface area contributed by atoms with Crippen LogP contribution in [0.2, 0.25) is 18.0 Å². The zero-order valence-corrected chi connectivity index (χ0v) is 9.96. The van der Waals surface area contributed by atoms with Crippen molar-refractivity contribution >= 4 is 6.71 Å². The Bertz CT molecular complexity index is 169. The maximum atomic E-state index is 8.99. The fraction of sp³-hybridized carbons (Fsp3) is 1.00. The summed E-state index contributed by atoms with van der Waals surface area (Å²) in [7, 11) is 0. The number of aliphatic hydroxyl groups excluding tert-OH is 1. The van der Waals surface area contributed by atoms with E-state index in [0.717, 1.165) is 24.8 Å². The maximum Gasteiger partial charge on any atom is 0.146 e. The lowest BCUT2D eigenvalue weighted by molar-refractivity contribution is 0.293. The zero-order chi connectivity index (χ0) is 10.5. The molecule has 1 nitrogen and oxygen atoms in total. The molecule has 2 rings (SSSR count). The van der Waals surface area contributed by atoms with Gasteiger partial charge in [-0.2, -0.15) is 0 Å². The molecule has 0 aromatic heterocycles. The van der Waals surface area contributed by atoms with Crippen LogP contribution in [0.1, 0.15) is 57.8 Å². The quantitative estimate of drug-likeness (QED) is 0.700. The molecule has 86 valence electrons. The van der Waals surface area contributed by atoms with Crippen molar-refractivity contribution in [1.29, 1.82) is 0 Å². The van der Waals surface area contributed by atoms with E-state index in [9.17, 15) is 0 Å². The molecule has 2 unspecified atom stereocenters. The number of rotatable bonds is 3. The predicted octanol–water partition coefficient (Wildman–Crippen LogP) is 3.75. The third-order valence-corrected chi connectivity index (χ3v) is 4.71. The molecule has 0 spiro atoms. The minimum absolute atomic E-state index is 0.399. The molecule has 2 heterocycles. The van der Waals surface area contributed by atoms with Gasteiger partial charge in [0.05, 0.1) is 0 Å². The van der Waals surface area contributed by atoms with Gasteiger partial charge in [0.1, 0.15) is 6.71 Å². The van der Waals surface area contributed by atoms with Crippen molar-refractivity contribution < 1.29 is 5.11 Å². The molecule has 1 N–H and O–H groups in total. The molecule has 2 aliphatic heterocycles. The molecule has 0 aromatic rings. The highest BCUT2D eigenvalue weighted by Crippen LogP contribution is 2.45. The molecule has 2 bridgehead atoms. The first-order valence-corrected chi connectivity index (χ1v) is 7.02. The Balaban J connectivity index is 1.95. The average molecular weight is 208 g/mol. The van der Waals surface area contributed by atoms with Crippen LogP contribution in [-0.4, -0.2) is 18.4 Å². The molecule has 2 saturated heterocycles. The standard InChI is InChI=1S/C13H25BO/c15-11-5-10-14-12-6-2-1-3-7-13(14)9-4-8-12/h12-13,15H,1-11H2. The Hall–Kier alpha value is 0.0249. The summed E-state index contributed by atoms with van der Waals surface area (Å²) in [5.41, 5.74) is 0. The van der Waals surface area contributed by atoms with Gasteiger partial charge in [0, 0.05) is 6.61 Å². The highest BCUT2D eigenvalue weighted by Gasteiger charge is 2.35. The minimum Gasteiger partial charge on any atom is -0.396 e. The van der Waals surface area contributed by atoms with Crippen LogP contribution in [0.3, 0.4) is 0 Å². The lowest BCUT2D eigenvalue weighted by atomic mass is 9.27. The van der Waals surface area contributed by atoms with E-state index < -0.39 is 0 Å². The summed E-state index contributed by atoms with van der Waals surface area (Å²) in [6, 6.07) is 0. The monoisotopic (exact) mass is 208 g/mol. The van der Waals surface area contributed by atoms with E-state index in [0.29, 0.717) is 6.61 Å². The molecule has 2 aliphatic rings. The largest absolute Gasteiger partial charge is 0.396 e. The van der Waals surface area contributed by atoms with Gasteiger partial charge in [-0.05, 0) is 6.42 Å². The van der Waals surface area contributed by atoms with Gasteiger partial charge in [0.25, 0.3) is 0 Å². The topological polar surface area (TPSA) is 20.2 Å². The van der Waals surface area contributed by atoms with Crippen molar-refractivity contribution in [1.82, 2.24) is 0 Å². The van der Waals surface area contributed by atoms with Crippen LogP contribution in [0, 0.1) is 0 Å². The zero-order valence-electron chi connectivity index (χ0n) is 9.96. The summed E-state index contributed by atoms with van der Waals surface area (Å²) in [6.07, 6.45) is 14.1. The van der Waals surface area contributed by atoms with Gasteiger partial charge in [-0.1, -0.05) is 69.3 Å². The molecule has 0 radical (unpaired) electrons. The van der Waals surface area contributed by atoms with Crippen molar-refractivity contribution in [3.8, 4) is 0 Å². The van der Waals surface area contributed by atoms with Gasteiger partial charge < -0.3 is 5.11 Å². The summed E-state index contributed by atoms with van der Waals surface area (Å²) >= 11 is 0. The molecule has 0 amide bonds. The van der Waals surface area contributed by atoms with E-state index in [1.54, 1.807) is 0 Å². The van der Waals surface area contributed by atoms with Gasteiger partial charge in [-0.25, -0.2) is 0 Å². The maximum absolute atomic E-state index is 8.99. The summed E-state index contributed by atoms with van der Waals surface area (Å²) in [5.74, 6) is 2.02. The van der Waals surface area contributed by atoms with E-state index in [2.05, 4.69) is 0 Å². The minimum atomic E-state index is 0.399. The molecule has 2 fully saturated rings. The van der Waals surface area contributed by atoms with Gasteiger partial charge in [-0.3, -0.25) is 0 Å². The Morgan fingerprint density at radius 1 is 0.867 bits per heavy atom. The number of hydrogen-bond donors (Lipinski definition) is 1. The Morgan fingerprint density at radius 2 is 1.47 bits per heavy atom. The summed E-state index contributed by atoms with van der Waals surface area (Å²) < 4.78 is 0. The van der Waals surface area contributed by atoms with Crippen LogP contribution in [0.15, 0.2) is 0 Å². The average Bonchev–Trinajstić information content (AvgIpc) is 2.26. The van der Waals surface area contributed by atoms with Gasteiger partial charge in [0.2, 0.25) is 0 Å². The summed E-state index contributed by atoms with van der Waals surface area (Å²) in [5, 5.41) is 8.99. The first-order valence-electron chi connectivity index (χ1n) is 7.02. The number of hydrogen-bond acceptors (Lipinski definition) is 1. The Labute approximate surface area is 94.7 Å². The fourth-order valence-electron chi connectivity index (χ4n) is 3.96. The highest BCUT2D eigenvalue weighted by molar-refractivity contribution is 6.62. The van der Waals surface area contributed by atoms with Crippen molar-refractivity contribution in [2.75, 3.05) is 6.61 Å². The molecular weight excluding hydrogens is 183 g/mol. The molecule has 0 aromatic carbocycles. The third-order valence-electron chi connectivity index (χ3n) is 4.71. The van der Waals surface area contributed by atoms with Gasteiger partial charge in [0.15, 0.2) is 0 Å². The molecule has 2 heteroatoms. The second-order valence-corrected chi connectivity index (χ2v) is 5.62. The summed E-state index contributed by atoms with van der Waals surface area (Å²) in [4.78, 5) is 0. The third kappa shape index (κ3) is 2.99. The Morgan fingerprint density at radius 3 is 2.07 bits per heavy atom. The molecule has 2 atom stereocenters. The Kier molecular flexibility index (Phi) is 4.55. The normalized spacial score (nSPS) is 32.2. The van der Waals surface area contributed by atoms with Crippen molar-refractivity contribution in [2.45, 2.75) is 75.7 Å². The van der Waals surface area contributed by atoms with Crippen LogP contribution in [0.5, 0.6) is 0 Å². The molecular formula is C13H25BO. The molecule has 0 aliphatic carbocycles. The van der Waals surface area contributed by atoms with Crippen molar-refractivity contribution in [3.63, 3.8) is 0 Å². The highest BCUT2D eigenvalue weighted by atomic mass is 16.2. The van der Waals surface area contributed by atoms with E-state index in [-0.39, 0.29) is 0 Å². The lowest BCUT2D eigenvalue weighted by Crippen LogP contribution is -2.32. The summed E-state index contributed by atoms with van der Waals surface area (Å²) in [6.45, 7) is 1.36. The molecule has 15 heavy (non-hydrogen) atoms. The van der Waals surface area contributed by atoms with Crippen LogP contribution < -0.4 is 0 Å². The predicted molar refractivity (Wildman–Crippen MR) is 66.7 cm³/mol. The second kappa shape index (κ2) is 5.93. The van der Waals surface area contributed by atoms with Gasteiger partial charge in [-0.15, -0.1) is 0 Å². The van der Waals surface area contributed by atoms with Crippen LogP contribution >= 0.6 is 0 Å². The van der Waals surface area contributed by atoms with Gasteiger partial charge >= 0.3 is 0 Å². The first kappa shape index (κ1) is 11.5. The van der Waals surface area contributed by atoms with Crippen molar-refractivity contribution in [3.05, 3.63) is 0 Å².